The van der Waals surface area contributed by atoms with Crippen molar-refractivity contribution in [3.05, 3.63) is 35.9 Å². The molecule has 1 saturated heterocycles. The number of alkyl carbamates (subject to hydrolysis) is 1. The summed E-state index contributed by atoms with van der Waals surface area (Å²) in [6.07, 6.45) is 0.790. The van der Waals surface area contributed by atoms with Gasteiger partial charge in [-0.05, 0) is 46.1 Å². The van der Waals surface area contributed by atoms with E-state index in [2.05, 4.69) is 15.5 Å². The Hall–Kier alpha value is -1.55. The van der Waals surface area contributed by atoms with Crippen LogP contribution in [0.15, 0.2) is 35.3 Å². The summed E-state index contributed by atoms with van der Waals surface area (Å²) in [6, 6.07) is 9.49. The monoisotopic (exact) mass is 518 g/mol. The highest BCUT2D eigenvalue weighted by atomic mass is 127. The summed E-state index contributed by atoms with van der Waals surface area (Å²) >= 11 is 0. The number of carbonyl (C=O) groups is 1. The lowest BCUT2D eigenvalue weighted by Crippen LogP contribution is -2.47. The number of amides is 1. The van der Waals surface area contributed by atoms with E-state index in [1.807, 2.05) is 58.0 Å². The van der Waals surface area contributed by atoms with E-state index in [4.69, 9.17) is 9.73 Å². The van der Waals surface area contributed by atoms with Crippen molar-refractivity contribution in [2.45, 2.75) is 58.3 Å². The third-order valence-electron chi connectivity index (χ3n) is 4.42. The number of guanidine groups is 1. The average Bonchev–Trinajstić information content (AvgIpc) is 2.64. The first-order valence-corrected chi connectivity index (χ1v) is 10.0. The van der Waals surface area contributed by atoms with Gasteiger partial charge >= 0.3 is 6.09 Å². The molecule has 8 heteroatoms. The molecule has 7 nitrogen and oxygen atoms in total. The van der Waals surface area contributed by atoms with Crippen molar-refractivity contribution in [1.82, 2.24) is 15.5 Å². The molecule has 29 heavy (non-hydrogen) atoms. The number of ether oxygens (including phenoxy) is 1. The van der Waals surface area contributed by atoms with Gasteiger partial charge in [0.05, 0.1) is 18.7 Å². The first kappa shape index (κ1) is 25.5. The minimum atomic E-state index is -0.557. The molecule has 0 aromatic heterocycles. The van der Waals surface area contributed by atoms with Gasteiger partial charge < -0.3 is 25.4 Å². The second-order valence-corrected chi connectivity index (χ2v) is 8.02. The highest BCUT2D eigenvalue weighted by Crippen LogP contribution is 2.16. The highest BCUT2D eigenvalue weighted by Gasteiger charge is 2.22. The Balaban J connectivity index is 0.00000420. The van der Waals surface area contributed by atoms with Crippen LogP contribution < -0.4 is 10.6 Å². The normalized spacial score (nSPS) is 16.6. The molecule has 1 unspecified atom stereocenters. The lowest BCUT2D eigenvalue weighted by atomic mass is 10.1. The van der Waals surface area contributed by atoms with Crippen molar-refractivity contribution >= 4 is 36.0 Å². The molecule has 0 saturated carbocycles. The molecule has 3 N–H and O–H groups in total. The molecule has 1 amide bonds. The molecule has 1 aromatic rings. The smallest absolute Gasteiger partial charge is 0.408 e. The zero-order chi connectivity index (χ0) is 20.6. The Kier molecular flexibility index (Phi) is 10.7. The summed E-state index contributed by atoms with van der Waals surface area (Å²) in [6.45, 7) is 10.2. The number of rotatable bonds is 5. The van der Waals surface area contributed by atoms with Gasteiger partial charge in [-0.3, -0.25) is 4.99 Å². The molecule has 1 aliphatic heterocycles. The Morgan fingerprint density at radius 2 is 1.90 bits per heavy atom. The zero-order valence-electron chi connectivity index (χ0n) is 17.9. The van der Waals surface area contributed by atoms with E-state index in [1.165, 1.54) is 0 Å². The number of carbonyl (C=O) groups excluding carboxylic acids is 1. The average molecular weight is 518 g/mol. The van der Waals surface area contributed by atoms with Crippen molar-refractivity contribution in [3.63, 3.8) is 0 Å². The molecule has 2 rings (SSSR count). The maximum atomic E-state index is 12.3. The number of nitrogens with one attached hydrogen (secondary N) is 2. The van der Waals surface area contributed by atoms with E-state index in [1.54, 1.807) is 0 Å². The summed E-state index contributed by atoms with van der Waals surface area (Å²) in [4.78, 5) is 19.2. The number of piperidine rings is 1. The van der Waals surface area contributed by atoms with E-state index < -0.39 is 11.7 Å². The molecule has 0 aliphatic carbocycles. The van der Waals surface area contributed by atoms with Gasteiger partial charge in [0.2, 0.25) is 0 Å². The first-order chi connectivity index (χ1) is 13.3. The summed E-state index contributed by atoms with van der Waals surface area (Å²) in [5, 5.41) is 16.0. The molecular formula is C21H35IN4O3. The summed E-state index contributed by atoms with van der Waals surface area (Å²) < 4.78 is 5.42. The van der Waals surface area contributed by atoms with Crippen LogP contribution in [0.2, 0.25) is 0 Å². The van der Waals surface area contributed by atoms with Crippen molar-refractivity contribution in [1.29, 1.82) is 0 Å². The molecule has 0 radical (unpaired) electrons. The van der Waals surface area contributed by atoms with Crippen LogP contribution in [0, 0.1) is 0 Å². The molecule has 164 valence electrons. The molecule has 1 heterocycles. The second kappa shape index (κ2) is 12.2. The number of halogens is 1. The summed E-state index contributed by atoms with van der Waals surface area (Å²) in [5.41, 5.74) is 0.417. The van der Waals surface area contributed by atoms with Crippen molar-refractivity contribution < 1.29 is 14.6 Å². The lowest BCUT2D eigenvalue weighted by Gasteiger charge is -2.32. The molecule has 0 spiro atoms. The number of benzene rings is 1. The van der Waals surface area contributed by atoms with E-state index in [-0.39, 0.29) is 36.1 Å². The first-order valence-electron chi connectivity index (χ1n) is 10.0. The van der Waals surface area contributed by atoms with Crippen LogP contribution >= 0.6 is 24.0 Å². The number of hydrogen-bond acceptors (Lipinski definition) is 4. The maximum absolute atomic E-state index is 12.3. The van der Waals surface area contributed by atoms with Gasteiger partial charge in [-0.25, -0.2) is 4.79 Å². The van der Waals surface area contributed by atoms with Gasteiger partial charge in [-0.1, -0.05) is 30.3 Å². The van der Waals surface area contributed by atoms with Crippen LogP contribution in [0.3, 0.4) is 0 Å². The Morgan fingerprint density at radius 1 is 1.28 bits per heavy atom. The third-order valence-corrected chi connectivity index (χ3v) is 4.42. The summed E-state index contributed by atoms with van der Waals surface area (Å²) in [5.74, 6) is 0.807. The standard InChI is InChI=1S/C21H34N4O3.HI/c1-5-22-19(25-13-11-17(26)12-14-25)23-15-18(16-9-7-6-8-10-16)24-20(27)28-21(2,3)4;/h6-10,17-18,26H,5,11-15H2,1-4H3,(H,22,23)(H,24,27);1H. The minimum absolute atomic E-state index is 0. The third kappa shape index (κ3) is 9.20. The van der Waals surface area contributed by atoms with E-state index in [0.717, 1.165) is 44.0 Å². The molecule has 1 atom stereocenters. The number of aliphatic hydroxyl groups is 1. The van der Waals surface area contributed by atoms with Crippen LogP contribution in [-0.4, -0.2) is 59.9 Å². The minimum Gasteiger partial charge on any atom is -0.444 e. The number of nitrogens with zero attached hydrogens (tertiary/aromatic N) is 2. The van der Waals surface area contributed by atoms with Crippen LogP contribution in [-0.2, 0) is 4.74 Å². The topological polar surface area (TPSA) is 86.2 Å². The Morgan fingerprint density at radius 3 is 2.45 bits per heavy atom. The van der Waals surface area contributed by atoms with Gasteiger partial charge in [0.1, 0.15) is 5.60 Å². The van der Waals surface area contributed by atoms with Crippen molar-refractivity contribution in [3.8, 4) is 0 Å². The van der Waals surface area contributed by atoms with Gasteiger partial charge in [0, 0.05) is 19.6 Å². The number of likely N-dealkylation sites (tertiary alicyclic amines) is 1. The van der Waals surface area contributed by atoms with Crippen LogP contribution in [0.1, 0.15) is 52.1 Å². The molecular weight excluding hydrogens is 483 g/mol. The Labute approximate surface area is 191 Å². The molecule has 0 bridgehead atoms. The summed E-state index contributed by atoms with van der Waals surface area (Å²) in [7, 11) is 0. The van der Waals surface area contributed by atoms with Gasteiger partial charge in [0.15, 0.2) is 5.96 Å². The van der Waals surface area contributed by atoms with Gasteiger partial charge in [0.25, 0.3) is 0 Å². The van der Waals surface area contributed by atoms with Crippen LogP contribution in [0.4, 0.5) is 4.79 Å². The van der Waals surface area contributed by atoms with Gasteiger partial charge in [-0.15, -0.1) is 24.0 Å². The Bertz CT molecular complexity index is 641. The van der Waals surface area contributed by atoms with Crippen LogP contribution in [0.25, 0.3) is 0 Å². The zero-order valence-corrected chi connectivity index (χ0v) is 20.2. The maximum Gasteiger partial charge on any atom is 0.408 e. The van der Waals surface area contributed by atoms with E-state index in [9.17, 15) is 9.90 Å². The second-order valence-electron chi connectivity index (χ2n) is 8.02. The quantitative estimate of drug-likeness (QED) is 0.317. The fourth-order valence-corrected chi connectivity index (χ4v) is 3.05. The SMILES string of the molecule is CCNC(=NCC(NC(=O)OC(C)(C)C)c1ccccc1)N1CCC(O)CC1.I. The molecule has 1 aliphatic rings. The number of aliphatic hydroxyl groups excluding tert-OH is 1. The van der Waals surface area contributed by atoms with Crippen molar-refractivity contribution in [2.75, 3.05) is 26.2 Å². The lowest BCUT2D eigenvalue weighted by molar-refractivity contribution is 0.0505. The van der Waals surface area contributed by atoms with Gasteiger partial charge in [-0.2, -0.15) is 0 Å². The van der Waals surface area contributed by atoms with Crippen LogP contribution in [0.5, 0.6) is 0 Å². The fraction of sp³-hybridized carbons (Fsp3) is 0.619. The number of aliphatic imine (C=N–C) groups is 1. The number of hydrogen-bond donors (Lipinski definition) is 3. The largest absolute Gasteiger partial charge is 0.444 e. The fourth-order valence-electron chi connectivity index (χ4n) is 3.05. The highest BCUT2D eigenvalue weighted by molar-refractivity contribution is 14.0. The molecule has 1 aromatic carbocycles. The predicted octanol–water partition coefficient (Wildman–Crippen LogP) is 3.29. The predicted molar refractivity (Wildman–Crippen MR) is 127 cm³/mol. The van der Waals surface area contributed by atoms with Crippen molar-refractivity contribution in [2.24, 2.45) is 4.99 Å². The van der Waals surface area contributed by atoms with E-state index >= 15 is 0 Å². The van der Waals surface area contributed by atoms with E-state index in [0.29, 0.717) is 6.54 Å². The molecule has 1 fully saturated rings.